The van der Waals surface area contributed by atoms with E-state index >= 15 is 0 Å². The molecule has 3 nitrogen and oxygen atoms in total. The van der Waals surface area contributed by atoms with Crippen LogP contribution in [0.25, 0.3) is 0 Å². The Morgan fingerprint density at radius 1 is 1.08 bits per heavy atom. The van der Waals surface area contributed by atoms with Crippen LogP contribution in [0.1, 0.15) is 19.3 Å². The van der Waals surface area contributed by atoms with Gasteiger partial charge >= 0.3 is 0 Å². The number of hydrogen-bond donors (Lipinski definition) is 2. The molecule has 1 saturated heterocycles. The van der Waals surface area contributed by atoms with Crippen LogP contribution in [0, 0.1) is 11.8 Å². The molecule has 2 rings (SSSR count). The van der Waals surface area contributed by atoms with Crippen molar-refractivity contribution in [1.29, 1.82) is 0 Å². The highest BCUT2D eigenvalue weighted by atomic mass is 35.5. The molecule has 13 heavy (non-hydrogen) atoms. The molecule has 2 fully saturated rings. The van der Waals surface area contributed by atoms with Gasteiger partial charge in [0.05, 0.1) is 6.61 Å². The molecule has 5 N–H and O–H groups in total. The van der Waals surface area contributed by atoms with Crippen molar-refractivity contribution in [2.45, 2.75) is 25.3 Å². The molecule has 2 atom stereocenters. The fraction of sp³-hybridized carbons (Fsp3) is 1.00. The normalized spacial score (nSPS) is 32.1. The maximum atomic E-state index is 5.89. The van der Waals surface area contributed by atoms with E-state index in [4.69, 9.17) is 10.5 Å². The lowest BCUT2D eigenvalue weighted by atomic mass is 9.91. The molecule has 0 amide bonds. The summed E-state index contributed by atoms with van der Waals surface area (Å²) in [5, 5.41) is 0. The maximum absolute atomic E-state index is 5.89. The number of nitrogens with two attached hydrogens (primary N) is 1. The van der Waals surface area contributed by atoms with Crippen molar-refractivity contribution in [3.63, 3.8) is 0 Å². The van der Waals surface area contributed by atoms with E-state index in [0.717, 1.165) is 25.0 Å². The minimum atomic E-state index is 0. The highest BCUT2D eigenvalue weighted by Gasteiger charge is 2.36. The van der Waals surface area contributed by atoms with Gasteiger partial charge in [-0.05, 0) is 31.1 Å². The number of hydrogen-bond acceptors (Lipinski definition) is 3. The summed E-state index contributed by atoms with van der Waals surface area (Å²) in [6.07, 6.45) is 4.03. The van der Waals surface area contributed by atoms with E-state index in [1.807, 2.05) is 0 Å². The maximum Gasteiger partial charge on any atom is 0.0620 e. The number of ether oxygens (including phenoxy) is 1. The van der Waals surface area contributed by atoms with Gasteiger partial charge in [-0.1, -0.05) is 0 Å². The second-order valence-electron chi connectivity index (χ2n) is 3.53. The van der Waals surface area contributed by atoms with Crippen LogP contribution in [0.15, 0.2) is 0 Å². The first kappa shape index (κ1) is 15.9. The summed E-state index contributed by atoms with van der Waals surface area (Å²) in [4.78, 5) is 0. The van der Waals surface area contributed by atoms with Gasteiger partial charge in [0.1, 0.15) is 0 Å². The van der Waals surface area contributed by atoms with Crippen LogP contribution in [0.4, 0.5) is 0 Å². The Morgan fingerprint density at radius 2 is 1.69 bits per heavy atom. The Morgan fingerprint density at radius 3 is 2.15 bits per heavy atom. The molecule has 1 aliphatic carbocycles. The van der Waals surface area contributed by atoms with E-state index in [2.05, 4.69) is 0 Å². The van der Waals surface area contributed by atoms with Crippen molar-refractivity contribution in [2.75, 3.05) is 13.2 Å². The molecule has 0 aromatic carbocycles. The third-order valence-electron chi connectivity index (χ3n) is 2.68. The molecule has 1 saturated carbocycles. The monoisotopic (exact) mass is 230 g/mol. The number of rotatable bonds is 1. The van der Waals surface area contributed by atoms with Gasteiger partial charge in [0.15, 0.2) is 0 Å². The van der Waals surface area contributed by atoms with Crippen molar-refractivity contribution in [2.24, 2.45) is 17.6 Å². The predicted molar refractivity (Wildman–Crippen MR) is 59.1 cm³/mol. The van der Waals surface area contributed by atoms with E-state index in [0.29, 0.717) is 6.04 Å². The Labute approximate surface area is 92.2 Å². The van der Waals surface area contributed by atoms with E-state index in [1.165, 1.54) is 19.3 Å². The molecule has 0 spiro atoms. The standard InChI is InChI=1S/C8H15NO.2ClH.H3N/c9-8-5-10-4-3-7(8)6-1-2-6;;;/h6-8H,1-5,9H2;2*1H;1H3. The third-order valence-corrected chi connectivity index (χ3v) is 2.68. The molecule has 1 aliphatic heterocycles. The zero-order valence-corrected chi connectivity index (χ0v) is 9.41. The van der Waals surface area contributed by atoms with Crippen molar-refractivity contribution in [3.05, 3.63) is 0 Å². The molecular weight excluding hydrogens is 211 g/mol. The summed E-state index contributed by atoms with van der Waals surface area (Å²) in [6.45, 7) is 1.73. The Hall–Kier alpha value is 0.460. The first-order valence-corrected chi connectivity index (χ1v) is 4.21. The lowest BCUT2D eigenvalue weighted by molar-refractivity contribution is 0.0423. The average Bonchev–Trinajstić information content (AvgIpc) is 2.71. The van der Waals surface area contributed by atoms with Crippen LogP contribution in [0.5, 0.6) is 0 Å². The van der Waals surface area contributed by atoms with Gasteiger partial charge in [0.2, 0.25) is 0 Å². The lowest BCUT2D eigenvalue weighted by Gasteiger charge is -2.28. The molecule has 2 unspecified atom stereocenters. The van der Waals surface area contributed by atoms with Crippen LogP contribution in [-0.4, -0.2) is 19.3 Å². The number of halogens is 2. The van der Waals surface area contributed by atoms with Gasteiger partial charge < -0.3 is 16.6 Å². The highest BCUT2D eigenvalue weighted by molar-refractivity contribution is 5.85. The van der Waals surface area contributed by atoms with Gasteiger partial charge in [-0.3, -0.25) is 0 Å². The molecule has 0 aromatic heterocycles. The molecule has 82 valence electrons. The van der Waals surface area contributed by atoms with Gasteiger partial charge in [-0.2, -0.15) is 0 Å². The van der Waals surface area contributed by atoms with Crippen LogP contribution in [-0.2, 0) is 4.74 Å². The summed E-state index contributed by atoms with van der Waals surface area (Å²) >= 11 is 0. The quantitative estimate of drug-likeness (QED) is 0.722. The fourth-order valence-corrected chi connectivity index (χ4v) is 1.89. The first-order chi connectivity index (χ1) is 4.88. The average molecular weight is 231 g/mol. The summed E-state index contributed by atoms with van der Waals surface area (Å²) in [6, 6.07) is 0.334. The Balaban J connectivity index is 0. The third kappa shape index (κ3) is 4.00. The fourth-order valence-electron chi connectivity index (χ4n) is 1.89. The van der Waals surface area contributed by atoms with E-state index in [9.17, 15) is 0 Å². The molecule has 5 heteroatoms. The van der Waals surface area contributed by atoms with Crippen LogP contribution in [0.2, 0.25) is 0 Å². The summed E-state index contributed by atoms with van der Waals surface area (Å²) < 4.78 is 5.26. The molecular formula is C8H20Cl2N2O. The molecule has 1 heterocycles. The zero-order chi connectivity index (χ0) is 6.97. The summed E-state index contributed by atoms with van der Waals surface area (Å²) in [5.41, 5.74) is 5.89. The molecule has 2 aliphatic rings. The van der Waals surface area contributed by atoms with Crippen molar-refractivity contribution < 1.29 is 4.74 Å². The summed E-state index contributed by atoms with van der Waals surface area (Å²) in [7, 11) is 0. The van der Waals surface area contributed by atoms with Gasteiger partial charge in [-0.25, -0.2) is 0 Å². The van der Waals surface area contributed by atoms with E-state index in [1.54, 1.807) is 0 Å². The smallest absolute Gasteiger partial charge is 0.0620 e. The lowest BCUT2D eigenvalue weighted by Crippen LogP contribution is -2.40. The second-order valence-corrected chi connectivity index (χ2v) is 3.53. The zero-order valence-electron chi connectivity index (χ0n) is 7.78. The Kier molecular flexibility index (Phi) is 8.38. The molecule has 0 radical (unpaired) electrons. The van der Waals surface area contributed by atoms with Gasteiger partial charge in [-0.15, -0.1) is 24.8 Å². The van der Waals surface area contributed by atoms with Crippen molar-refractivity contribution in [1.82, 2.24) is 6.15 Å². The van der Waals surface area contributed by atoms with Crippen molar-refractivity contribution >= 4 is 24.8 Å². The van der Waals surface area contributed by atoms with E-state index < -0.39 is 0 Å². The van der Waals surface area contributed by atoms with Crippen LogP contribution in [0.3, 0.4) is 0 Å². The summed E-state index contributed by atoms with van der Waals surface area (Å²) in [5.74, 6) is 1.74. The topological polar surface area (TPSA) is 70.2 Å². The largest absolute Gasteiger partial charge is 0.380 e. The van der Waals surface area contributed by atoms with Crippen LogP contribution >= 0.6 is 24.8 Å². The van der Waals surface area contributed by atoms with Crippen molar-refractivity contribution in [3.8, 4) is 0 Å². The Bertz CT molecular complexity index is 133. The molecule has 0 bridgehead atoms. The van der Waals surface area contributed by atoms with Crippen LogP contribution < -0.4 is 11.9 Å². The minimum absolute atomic E-state index is 0. The molecule has 0 aromatic rings. The highest BCUT2D eigenvalue weighted by Crippen LogP contribution is 2.40. The minimum Gasteiger partial charge on any atom is -0.380 e. The first-order valence-electron chi connectivity index (χ1n) is 4.21. The van der Waals surface area contributed by atoms with E-state index in [-0.39, 0.29) is 31.0 Å². The van der Waals surface area contributed by atoms with Gasteiger partial charge in [0, 0.05) is 12.6 Å². The van der Waals surface area contributed by atoms with Gasteiger partial charge in [0.25, 0.3) is 0 Å². The SMILES string of the molecule is Cl.Cl.N.NC1COCCC1C1CC1. The second kappa shape index (κ2) is 6.85. The predicted octanol–water partition coefficient (Wildman–Crippen LogP) is 1.77.